The maximum atomic E-state index is 11.8. The van der Waals surface area contributed by atoms with E-state index in [2.05, 4.69) is 12.2 Å². The maximum absolute atomic E-state index is 11.8. The van der Waals surface area contributed by atoms with E-state index in [9.17, 15) is 9.90 Å². The van der Waals surface area contributed by atoms with Crippen molar-refractivity contribution < 1.29 is 9.90 Å². The summed E-state index contributed by atoms with van der Waals surface area (Å²) in [5, 5.41) is 12.4. The van der Waals surface area contributed by atoms with Crippen molar-refractivity contribution in [3.05, 3.63) is 29.3 Å². The molecule has 0 aliphatic heterocycles. The molecule has 0 radical (unpaired) electrons. The molecule has 1 saturated carbocycles. The molecular formula is C13H17NO2. The van der Waals surface area contributed by atoms with Crippen molar-refractivity contribution in [3.63, 3.8) is 0 Å². The predicted molar refractivity (Wildman–Crippen MR) is 62.5 cm³/mol. The Bertz CT molecular complexity index is 422. The van der Waals surface area contributed by atoms with Gasteiger partial charge in [-0.05, 0) is 42.9 Å². The van der Waals surface area contributed by atoms with Gasteiger partial charge in [0.15, 0.2) is 0 Å². The molecular weight excluding hydrogens is 202 g/mol. The van der Waals surface area contributed by atoms with Gasteiger partial charge in [-0.3, -0.25) is 4.79 Å². The van der Waals surface area contributed by atoms with Gasteiger partial charge < -0.3 is 10.4 Å². The van der Waals surface area contributed by atoms with Crippen LogP contribution in [0.3, 0.4) is 0 Å². The van der Waals surface area contributed by atoms with E-state index in [-0.39, 0.29) is 11.7 Å². The fraction of sp³-hybridized carbons (Fsp3) is 0.462. The molecule has 3 nitrogen and oxygen atoms in total. The third-order valence-corrected chi connectivity index (χ3v) is 3.25. The number of carbonyl (C=O) groups excluding carboxylic acids is 1. The van der Waals surface area contributed by atoms with Gasteiger partial charge in [-0.15, -0.1) is 0 Å². The number of amides is 1. The predicted octanol–water partition coefficient (Wildman–Crippen LogP) is 2.23. The molecule has 1 aliphatic rings. The molecule has 0 unspecified atom stereocenters. The number of phenols is 1. The fourth-order valence-corrected chi connectivity index (χ4v) is 1.54. The SMILES string of the molecule is Cc1ccc(C(=O)NCC2(C)CC2)cc1O. The largest absolute Gasteiger partial charge is 0.508 e. The topological polar surface area (TPSA) is 49.3 Å². The molecule has 0 bridgehead atoms. The second-order valence-electron chi connectivity index (χ2n) is 4.99. The molecule has 1 fully saturated rings. The Morgan fingerprint density at radius 3 is 2.75 bits per heavy atom. The molecule has 0 heterocycles. The second kappa shape index (κ2) is 3.81. The van der Waals surface area contributed by atoms with Crippen LogP contribution < -0.4 is 5.32 Å². The quantitative estimate of drug-likeness (QED) is 0.819. The second-order valence-corrected chi connectivity index (χ2v) is 4.99. The van der Waals surface area contributed by atoms with Crippen LogP contribution >= 0.6 is 0 Å². The summed E-state index contributed by atoms with van der Waals surface area (Å²) < 4.78 is 0. The van der Waals surface area contributed by atoms with Crippen LogP contribution in [0.15, 0.2) is 18.2 Å². The number of aryl methyl sites for hydroxylation is 1. The molecule has 86 valence electrons. The Balaban J connectivity index is 2.00. The molecule has 1 aliphatic carbocycles. The van der Waals surface area contributed by atoms with Crippen LogP contribution in [0, 0.1) is 12.3 Å². The zero-order chi connectivity index (χ0) is 11.8. The molecule has 2 rings (SSSR count). The maximum Gasteiger partial charge on any atom is 0.251 e. The van der Waals surface area contributed by atoms with E-state index < -0.39 is 0 Å². The molecule has 1 aromatic carbocycles. The van der Waals surface area contributed by atoms with Gasteiger partial charge in [0.05, 0.1) is 0 Å². The van der Waals surface area contributed by atoms with E-state index in [0.717, 1.165) is 12.1 Å². The normalized spacial score (nSPS) is 16.9. The summed E-state index contributed by atoms with van der Waals surface area (Å²) in [5.41, 5.74) is 1.61. The van der Waals surface area contributed by atoms with Crippen molar-refractivity contribution in [3.8, 4) is 5.75 Å². The Labute approximate surface area is 95.5 Å². The average molecular weight is 219 g/mol. The lowest BCUT2D eigenvalue weighted by molar-refractivity contribution is 0.0945. The van der Waals surface area contributed by atoms with Gasteiger partial charge in [-0.25, -0.2) is 0 Å². The number of carbonyl (C=O) groups is 1. The Morgan fingerprint density at radius 1 is 1.50 bits per heavy atom. The molecule has 0 spiro atoms. The number of benzene rings is 1. The van der Waals surface area contributed by atoms with Gasteiger partial charge in [0, 0.05) is 12.1 Å². The van der Waals surface area contributed by atoms with Gasteiger partial charge in [-0.2, -0.15) is 0 Å². The Hall–Kier alpha value is -1.51. The van der Waals surface area contributed by atoms with Crippen LogP contribution in [0.5, 0.6) is 5.75 Å². The monoisotopic (exact) mass is 219 g/mol. The van der Waals surface area contributed by atoms with Crippen molar-refractivity contribution >= 4 is 5.91 Å². The van der Waals surface area contributed by atoms with Gasteiger partial charge in [0.1, 0.15) is 5.75 Å². The van der Waals surface area contributed by atoms with Gasteiger partial charge in [-0.1, -0.05) is 13.0 Å². The number of phenolic OH excluding ortho intramolecular Hbond substituents is 1. The molecule has 2 N–H and O–H groups in total. The molecule has 1 amide bonds. The minimum Gasteiger partial charge on any atom is -0.508 e. The summed E-state index contributed by atoms with van der Waals surface area (Å²) in [7, 11) is 0. The summed E-state index contributed by atoms with van der Waals surface area (Å²) in [6.45, 7) is 4.70. The number of aromatic hydroxyl groups is 1. The number of hydrogen-bond acceptors (Lipinski definition) is 2. The van der Waals surface area contributed by atoms with E-state index in [0.29, 0.717) is 11.0 Å². The lowest BCUT2D eigenvalue weighted by Gasteiger charge is -2.10. The van der Waals surface area contributed by atoms with Gasteiger partial charge >= 0.3 is 0 Å². The van der Waals surface area contributed by atoms with Crippen LogP contribution in [0.4, 0.5) is 0 Å². The third-order valence-electron chi connectivity index (χ3n) is 3.25. The molecule has 0 atom stereocenters. The third kappa shape index (κ3) is 2.35. The molecule has 16 heavy (non-hydrogen) atoms. The fourth-order valence-electron chi connectivity index (χ4n) is 1.54. The average Bonchev–Trinajstić information content (AvgIpc) is 2.98. The summed E-state index contributed by atoms with van der Waals surface area (Å²) in [5.74, 6) is 0.0636. The minimum absolute atomic E-state index is 0.108. The summed E-state index contributed by atoms with van der Waals surface area (Å²) >= 11 is 0. The van der Waals surface area contributed by atoms with Crippen molar-refractivity contribution in [1.29, 1.82) is 0 Å². The van der Waals surface area contributed by atoms with Gasteiger partial charge in [0.2, 0.25) is 0 Å². The zero-order valence-corrected chi connectivity index (χ0v) is 9.71. The molecule has 1 aromatic rings. The van der Waals surface area contributed by atoms with Crippen molar-refractivity contribution in [2.45, 2.75) is 26.7 Å². The summed E-state index contributed by atoms with van der Waals surface area (Å²) in [6.07, 6.45) is 2.37. The minimum atomic E-state index is -0.108. The van der Waals surface area contributed by atoms with Crippen molar-refractivity contribution in [1.82, 2.24) is 5.32 Å². The van der Waals surface area contributed by atoms with E-state index in [1.165, 1.54) is 18.9 Å². The first-order valence-corrected chi connectivity index (χ1v) is 5.58. The lowest BCUT2D eigenvalue weighted by atomic mass is 10.1. The first-order valence-electron chi connectivity index (χ1n) is 5.58. The van der Waals surface area contributed by atoms with Crippen LogP contribution in [0.1, 0.15) is 35.7 Å². The zero-order valence-electron chi connectivity index (χ0n) is 9.71. The standard InChI is InChI=1S/C13H17NO2/c1-9-3-4-10(7-11(9)15)12(16)14-8-13(2)5-6-13/h3-4,7,15H,5-6,8H2,1-2H3,(H,14,16). The number of nitrogens with one attached hydrogen (secondary N) is 1. The lowest BCUT2D eigenvalue weighted by Crippen LogP contribution is -2.28. The first kappa shape index (κ1) is 11.0. The highest BCUT2D eigenvalue weighted by Crippen LogP contribution is 2.44. The van der Waals surface area contributed by atoms with Crippen LogP contribution in [0.25, 0.3) is 0 Å². The first-order chi connectivity index (χ1) is 7.50. The van der Waals surface area contributed by atoms with Crippen LogP contribution in [-0.4, -0.2) is 17.6 Å². The van der Waals surface area contributed by atoms with E-state index >= 15 is 0 Å². The number of hydrogen-bond donors (Lipinski definition) is 2. The highest BCUT2D eigenvalue weighted by Gasteiger charge is 2.37. The van der Waals surface area contributed by atoms with E-state index in [4.69, 9.17) is 0 Å². The molecule has 0 saturated heterocycles. The van der Waals surface area contributed by atoms with E-state index in [1.807, 2.05) is 6.92 Å². The molecule has 0 aromatic heterocycles. The van der Waals surface area contributed by atoms with Crippen molar-refractivity contribution in [2.24, 2.45) is 5.41 Å². The highest BCUT2D eigenvalue weighted by atomic mass is 16.3. The molecule has 3 heteroatoms. The summed E-state index contributed by atoms with van der Waals surface area (Å²) in [4.78, 5) is 11.8. The van der Waals surface area contributed by atoms with Crippen molar-refractivity contribution in [2.75, 3.05) is 6.54 Å². The van der Waals surface area contributed by atoms with Crippen LogP contribution in [0.2, 0.25) is 0 Å². The summed E-state index contributed by atoms with van der Waals surface area (Å²) in [6, 6.07) is 5.00. The smallest absolute Gasteiger partial charge is 0.251 e. The highest BCUT2D eigenvalue weighted by molar-refractivity contribution is 5.94. The van der Waals surface area contributed by atoms with E-state index in [1.54, 1.807) is 12.1 Å². The number of rotatable bonds is 3. The van der Waals surface area contributed by atoms with Crippen LogP contribution in [-0.2, 0) is 0 Å². The Kier molecular flexibility index (Phi) is 2.62. The van der Waals surface area contributed by atoms with Gasteiger partial charge in [0.25, 0.3) is 5.91 Å². The Morgan fingerprint density at radius 2 is 2.19 bits per heavy atom.